The molecule has 20 heavy (non-hydrogen) atoms. The Hall–Kier alpha value is 0.340. The van der Waals surface area contributed by atoms with Crippen molar-refractivity contribution in [3.05, 3.63) is 14.9 Å². The second kappa shape index (κ2) is 7.07. The molecule has 1 N–H and O–H groups in total. The molecule has 1 aliphatic heterocycles. The van der Waals surface area contributed by atoms with E-state index in [1.165, 1.54) is 6.07 Å². The second-order valence-corrected chi connectivity index (χ2v) is 9.69. The van der Waals surface area contributed by atoms with Crippen LogP contribution < -0.4 is 4.72 Å². The van der Waals surface area contributed by atoms with Gasteiger partial charge in [-0.15, -0.1) is 11.3 Å². The Labute approximate surface area is 137 Å². The Morgan fingerprint density at radius 1 is 1.50 bits per heavy atom. The maximum atomic E-state index is 12.2. The molecule has 1 aliphatic rings. The van der Waals surface area contributed by atoms with Crippen LogP contribution in [0.5, 0.6) is 0 Å². The van der Waals surface area contributed by atoms with E-state index >= 15 is 0 Å². The zero-order valence-electron chi connectivity index (χ0n) is 11.2. The van der Waals surface area contributed by atoms with Gasteiger partial charge in [0.05, 0.1) is 8.81 Å². The summed E-state index contributed by atoms with van der Waals surface area (Å²) in [6, 6.07) is 1.48. The highest BCUT2D eigenvalue weighted by Crippen LogP contribution is 2.34. The number of rotatable bonds is 5. The van der Waals surface area contributed by atoms with Crippen molar-refractivity contribution in [1.82, 2.24) is 9.62 Å². The molecule has 2 rings (SSSR count). The Morgan fingerprint density at radius 2 is 2.15 bits per heavy atom. The van der Waals surface area contributed by atoms with Crippen LogP contribution in [0.15, 0.2) is 14.1 Å². The first-order chi connectivity index (χ1) is 9.42. The van der Waals surface area contributed by atoms with Crippen LogP contribution in [0.4, 0.5) is 0 Å². The number of halogens is 2. The number of nitrogens with one attached hydrogen (secondary N) is 1. The molecule has 8 heteroatoms. The maximum absolute atomic E-state index is 12.2. The van der Waals surface area contributed by atoms with Crippen LogP contribution in [0, 0.1) is 5.92 Å². The minimum absolute atomic E-state index is 0.264. The van der Waals surface area contributed by atoms with Gasteiger partial charge in [-0.1, -0.05) is 18.5 Å². The number of likely N-dealkylation sites (tertiary alicyclic amines) is 1. The third-order valence-corrected chi connectivity index (χ3v) is 7.98. The third-order valence-electron chi connectivity index (χ3n) is 3.60. The van der Waals surface area contributed by atoms with Gasteiger partial charge in [-0.05, 0) is 60.4 Å². The second-order valence-electron chi connectivity index (χ2n) is 4.92. The zero-order chi connectivity index (χ0) is 14.8. The quantitative estimate of drug-likeness (QED) is 0.824. The number of nitrogens with zero attached hydrogens (tertiary/aromatic N) is 1. The molecule has 0 radical (unpaired) electrons. The summed E-state index contributed by atoms with van der Waals surface area (Å²) in [6.45, 7) is 5.84. The Balaban J connectivity index is 1.90. The molecule has 0 spiro atoms. The zero-order valence-corrected chi connectivity index (χ0v) is 15.2. The van der Waals surface area contributed by atoms with Gasteiger partial charge in [0.25, 0.3) is 0 Å². The van der Waals surface area contributed by atoms with Gasteiger partial charge in [0.1, 0.15) is 4.21 Å². The number of thiophene rings is 1. The highest BCUT2D eigenvalue weighted by atomic mass is 79.9. The molecule has 1 saturated heterocycles. The van der Waals surface area contributed by atoms with Gasteiger partial charge in [-0.3, -0.25) is 0 Å². The normalized spacial score (nSPS) is 18.6. The average molecular weight is 402 g/mol. The standard InChI is InChI=1S/C12H18BrClN2O2S2/c1-2-16-5-3-9(4-6-16)8-15-20(17,18)11-7-10(14)12(13)19-11/h7,9,15H,2-6,8H2,1H3. The lowest BCUT2D eigenvalue weighted by atomic mass is 9.97. The van der Waals surface area contributed by atoms with Crippen molar-refractivity contribution in [2.75, 3.05) is 26.2 Å². The van der Waals surface area contributed by atoms with E-state index in [2.05, 4.69) is 32.5 Å². The van der Waals surface area contributed by atoms with Gasteiger partial charge in [0.2, 0.25) is 10.0 Å². The molecule has 114 valence electrons. The fraction of sp³-hybridized carbons (Fsp3) is 0.667. The molecule has 1 fully saturated rings. The average Bonchev–Trinajstić information content (AvgIpc) is 2.78. The topological polar surface area (TPSA) is 49.4 Å². The summed E-state index contributed by atoms with van der Waals surface area (Å²) >= 11 is 10.3. The minimum atomic E-state index is -3.44. The van der Waals surface area contributed by atoms with Gasteiger partial charge < -0.3 is 4.90 Å². The maximum Gasteiger partial charge on any atom is 0.250 e. The monoisotopic (exact) mass is 400 g/mol. The first-order valence-corrected chi connectivity index (χ1v) is 10.1. The lowest BCUT2D eigenvalue weighted by molar-refractivity contribution is 0.194. The van der Waals surface area contributed by atoms with E-state index < -0.39 is 10.0 Å². The van der Waals surface area contributed by atoms with Crippen LogP contribution in [0.1, 0.15) is 19.8 Å². The van der Waals surface area contributed by atoms with E-state index in [1.54, 1.807) is 0 Å². The summed E-state index contributed by atoms with van der Waals surface area (Å²) in [7, 11) is -3.44. The van der Waals surface area contributed by atoms with Crippen LogP contribution in [-0.4, -0.2) is 39.5 Å². The van der Waals surface area contributed by atoms with Gasteiger partial charge in [0, 0.05) is 6.54 Å². The summed E-state index contributed by atoms with van der Waals surface area (Å²) in [4.78, 5) is 2.39. The number of hydrogen-bond donors (Lipinski definition) is 1. The predicted octanol–water partition coefficient (Wildman–Crippen LogP) is 3.17. The number of sulfonamides is 1. The van der Waals surface area contributed by atoms with Crippen LogP contribution in [-0.2, 0) is 10.0 Å². The van der Waals surface area contributed by atoms with Crippen LogP contribution in [0.25, 0.3) is 0 Å². The van der Waals surface area contributed by atoms with Gasteiger partial charge >= 0.3 is 0 Å². The Morgan fingerprint density at radius 3 is 2.65 bits per heavy atom. The molecule has 0 saturated carbocycles. The Bertz CT molecular complexity index is 534. The summed E-state index contributed by atoms with van der Waals surface area (Å²) in [5, 5.41) is 0.437. The molecule has 2 heterocycles. The van der Waals surface area contributed by atoms with Crippen molar-refractivity contribution in [3.63, 3.8) is 0 Å². The van der Waals surface area contributed by atoms with Crippen molar-refractivity contribution in [2.45, 2.75) is 24.0 Å². The molecule has 0 aliphatic carbocycles. The van der Waals surface area contributed by atoms with Crippen molar-refractivity contribution in [3.8, 4) is 0 Å². The van der Waals surface area contributed by atoms with Gasteiger partial charge in [0.15, 0.2) is 0 Å². The molecular formula is C12H18BrClN2O2S2. The minimum Gasteiger partial charge on any atom is -0.304 e. The molecule has 1 aromatic rings. The largest absolute Gasteiger partial charge is 0.304 e. The third kappa shape index (κ3) is 4.18. The lowest BCUT2D eigenvalue weighted by Crippen LogP contribution is -2.38. The highest BCUT2D eigenvalue weighted by molar-refractivity contribution is 9.11. The summed E-state index contributed by atoms with van der Waals surface area (Å²) in [5.74, 6) is 0.423. The molecule has 0 atom stereocenters. The van der Waals surface area contributed by atoms with E-state index in [4.69, 9.17) is 11.6 Å². The molecule has 0 unspecified atom stereocenters. The van der Waals surface area contributed by atoms with E-state index in [1.807, 2.05) is 0 Å². The first kappa shape index (κ1) is 16.7. The lowest BCUT2D eigenvalue weighted by Gasteiger charge is -2.30. The van der Waals surface area contributed by atoms with Crippen LogP contribution in [0.3, 0.4) is 0 Å². The van der Waals surface area contributed by atoms with E-state index in [-0.39, 0.29) is 4.21 Å². The van der Waals surface area contributed by atoms with Crippen LogP contribution >= 0.6 is 38.9 Å². The summed E-state index contributed by atoms with van der Waals surface area (Å²) in [5.41, 5.74) is 0. The molecule has 1 aromatic heterocycles. The fourth-order valence-electron chi connectivity index (χ4n) is 2.26. The molecule has 4 nitrogen and oxygen atoms in total. The molecule has 0 bridgehead atoms. The van der Waals surface area contributed by atoms with Crippen molar-refractivity contribution >= 4 is 48.9 Å². The van der Waals surface area contributed by atoms with Crippen molar-refractivity contribution in [2.24, 2.45) is 5.92 Å². The van der Waals surface area contributed by atoms with Crippen molar-refractivity contribution < 1.29 is 8.42 Å². The predicted molar refractivity (Wildman–Crippen MR) is 87.1 cm³/mol. The SMILES string of the molecule is CCN1CCC(CNS(=O)(=O)c2cc(Cl)c(Br)s2)CC1. The molecule has 0 aromatic carbocycles. The molecule has 0 amide bonds. The molecular weight excluding hydrogens is 384 g/mol. The van der Waals surface area contributed by atoms with E-state index in [9.17, 15) is 8.42 Å². The van der Waals surface area contributed by atoms with Gasteiger partial charge in [-0.25, -0.2) is 13.1 Å². The van der Waals surface area contributed by atoms with Crippen molar-refractivity contribution in [1.29, 1.82) is 0 Å². The highest BCUT2D eigenvalue weighted by Gasteiger charge is 2.23. The first-order valence-electron chi connectivity index (χ1n) is 6.59. The van der Waals surface area contributed by atoms with E-state index in [0.717, 1.165) is 43.8 Å². The van der Waals surface area contributed by atoms with Crippen LogP contribution in [0.2, 0.25) is 5.02 Å². The summed E-state index contributed by atoms with van der Waals surface area (Å²) < 4.78 is 28.0. The summed E-state index contributed by atoms with van der Waals surface area (Å²) in [6.07, 6.45) is 2.09. The fourth-order valence-corrected chi connectivity index (χ4v) is 5.82. The number of piperidine rings is 1. The van der Waals surface area contributed by atoms with Gasteiger partial charge in [-0.2, -0.15) is 0 Å². The Kier molecular flexibility index (Phi) is 5.90. The van der Waals surface area contributed by atoms with E-state index in [0.29, 0.717) is 21.3 Å². The number of hydrogen-bond acceptors (Lipinski definition) is 4. The smallest absolute Gasteiger partial charge is 0.250 e.